The third-order valence-corrected chi connectivity index (χ3v) is 4.77. The third kappa shape index (κ3) is 2.34. The molecule has 1 saturated carbocycles. The molecule has 1 heterocycles. The monoisotopic (exact) mass is 294 g/mol. The maximum Gasteiger partial charge on any atom is 0.328 e. The van der Waals surface area contributed by atoms with Crippen LogP contribution in [0.5, 0.6) is 0 Å². The van der Waals surface area contributed by atoms with E-state index in [0.29, 0.717) is 25.0 Å². The summed E-state index contributed by atoms with van der Waals surface area (Å²) in [6, 6.07) is 0. The van der Waals surface area contributed by atoms with Crippen molar-refractivity contribution in [1.82, 2.24) is 0 Å². The number of methoxy groups -OCH3 is 1. The summed E-state index contributed by atoms with van der Waals surface area (Å²) in [7, 11) is 1.61. The lowest BCUT2D eigenvalue weighted by atomic mass is 9.59. The molecule has 0 aromatic carbocycles. The lowest BCUT2D eigenvalue weighted by Gasteiger charge is -2.49. The van der Waals surface area contributed by atoms with Gasteiger partial charge in [0.2, 0.25) is 0 Å². The van der Waals surface area contributed by atoms with E-state index >= 15 is 0 Å². The standard InChI is InChI=1S/C16H22O5/c1-11(7-13(18)19)5-6-16(20-4)14(2)8-12(17)9-15(16,3)21-10-14/h5-7H,8-10H2,1-4H3,(H,18,19)/b6-5+,11-7-/t14-,15-,16+/m1/s1. The highest BCUT2D eigenvalue weighted by atomic mass is 16.6. The van der Waals surface area contributed by atoms with E-state index in [1.54, 1.807) is 20.1 Å². The second-order valence-electron chi connectivity index (χ2n) is 6.47. The fraction of sp³-hybridized carbons (Fsp3) is 0.625. The minimum absolute atomic E-state index is 0.177. The first kappa shape index (κ1) is 15.9. The van der Waals surface area contributed by atoms with Crippen molar-refractivity contribution in [2.75, 3.05) is 13.7 Å². The van der Waals surface area contributed by atoms with Crippen LogP contribution in [0.1, 0.15) is 33.6 Å². The highest BCUT2D eigenvalue weighted by Gasteiger charge is 2.68. The van der Waals surface area contributed by atoms with Gasteiger partial charge in [-0.25, -0.2) is 4.79 Å². The van der Waals surface area contributed by atoms with Crippen LogP contribution in [0.2, 0.25) is 0 Å². The van der Waals surface area contributed by atoms with Crippen molar-refractivity contribution >= 4 is 11.8 Å². The van der Waals surface area contributed by atoms with E-state index in [0.717, 1.165) is 6.08 Å². The van der Waals surface area contributed by atoms with Crippen molar-refractivity contribution in [2.24, 2.45) is 5.41 Å². The molecule has 0 aromatic heterocycles. The maximum atomic E-state index is 12.0. The molecule has 1 saturated heterocycles. The first-order valence-corrected chi connectivity index (χ1v) is 6.99. The average Bonchev–Trinajstić information content (AvgIpc) is 2.46. The van der Waals surface area contributed by atoms with E-state index < -0.39 is 22.6 Å². The molecule has 1 aliphatic heterocycles. The molecule has 116 valence electrons. The zero-order valence-corrected chi connectivity index (χ0v) is 12.9. The van der Waals surface area contributed by atoms with Crippen LogP contribution in [0, 0.1) is 5.41 Å². The van der Waals surface area contributed by atoms with Gasteiger partial charge in [-0.05, 0) is 25.5 Å². The topological polar surface area (TPSA) is 72.8 Å². The number of rotatable bonds is 4. The summed E-state index contributed by atoms with van der Waals surface area (Å²) in [6.45, 7) is 6.04. The molecule has 5 heteroatoms. The highest BCUT2D eigenvalue weighted by Crippen LogP contribution is 2.58. The Hall–Kier alpha value is -1.46. The first-order chi connectivity index (χ1) is 9.68. The number of carboxylic acids is 1. The Morgan fingerprint density at radius 1 is 1.38 bits per heavy atom. The molecule has 0 radical (unpaired) electrons. The molecule has 1 N–H and O–H groups in total. The van der Waals surface area contributed by atoms with E-state index in [1.165, 1.54) is 0 Å². The van der Waals surface area contributed by atoms with Gasteiger partial charge in [0.1, 0.15) is 17.0 Å². The Morgan fingerprint density at radius 2 is 2.05 bits per heavy atom. The van der Waals surface area contributed by atoms with Crippen LogP contribution >= 0.6 is 0 Å². The van der Waals surface area contributed by atoms with Gasteiger partial charge >= 0.3 is 5.97 Å². The molecule has 0 unspecified atom stereocenters. The van der Waals surface area contributed by atoms with E-state index in [1.807, 2.05) is 19.9 Å². The number of carbonyl (C=O) groups excluding carboxylic acids is 1. The zero-order valence-electron chi connectivity index (χ0n) is 12.9. The van der Waals surface area contributed by atoms with Crippen LogP contribution in [-0.2, 0) is 19.1 Å². The van der Waals surface area contributed by atoms with Crippen molar-refractivity contribution in [3.63, 3.8) is 0 Å². The van der Waals surface area contributed by atoms with Crippen LogP contribution in [0.25, 0.3) is 0 Å². The summed E-state index contributed by atoms with van der Waals surface area (Å²) in [6.07, 6.45) is 5.45. The zero-order chi connectivity index (χ0) is 15.9. The fourth-order valence-corrected chi connectivity index (χ4v) is 3.81. The van der Waals surface area contributed by atoms with Crippen LogP contribution in [0.4, 0.5) is 0 Å². The molecule has 3 atom stereocenters. The van der Waals surface area contributed by atoms with Gasteiger partial charge in [0.05, 0.1) is 6.61 Å². The van der Waals surface area contributed by atoms with Crippen molar-refractivity contribution in [3.05, 3.63) is 23.8 Å². The molecule has 2 bridgehead atoms. The molecule has 0 spiro atoms. The summed E-state index contributed by atoms with van der Waals surface area (Å²) in [4.78, 5) is 22.7. The molecule has 21 heavy (non-hydrogen) atoms. The minimum Gasteiger partial charge on any atom is -0.478 e. The summed E-state index contributed by atoms with van der Waals surface area (Å²) >= 11 is 0. The Labute approximate surface area is 124 Å². The van der Waals surface area contributed by atoms with Gasteiger partial charge in [-0.1, -0.05) is 13.0 Å². The molecule has 2 rings (SSSR count). The number of aliphatic carboxylic acids is 1. The molecule has 1 aliphatic carbocycles. The normalized spacial score (nSPS) is 40.0. The lowest BCUT2D eigenvalue weighted by Crippen LogP contribution is -2.61. The van der Waals surface area contributed by atoms with Crippen LogP contribution in [0.15, 0.2) is 23.8 Å². The molecule has 0 aromatic rings. The van der Waals surface area contributed by atoms with Crippen LogP contribution < -0.4 is 0 Å². The number of Topliss-reactive ketones (excluding diaryl/α,β-unsaturated/α-hetero) is 1. The van der Waals surface area contributed by atoms with Crippen molar-refractivity contribution in [2.45, 2.75) is 44.8 Å². The number of fused-ring (bicyclic) bond motifs is 2. The van der Waals surface area contributed by atoms with Crippen molar-refractivity contribution in [1.29, 1.82) is 0 Å². The van der Waals surface area contributed by atoms with E-state index in [-0.39, 0.29) is 5.78 Å². The number of carboxylic acid groups (broad SMARTS) is 1. The summed E-state index contributed by atoms with van der Waals surface area (Å²) in [5.74, 6) is -0.810. The van der Waals surface area contributed by atoms with Crippen molar-refractivity contribution < 1.29 is 24.2 Å². The van der Waals surface area contributed by atoms with Gasteiger partial charge in [-0.15, -0.1) is 0 Å². The van der Waals surface area contributed by atoms with E-state index in [9.17, 15) is 9.59 Å². The summed E-state index contributed by atoms with van der Waals surface area (Å²) < 4.78 is 11.8. The number of allylic oxidation sites excluding steroid dienone is 2. The third-order valence-electron chi connectivity index (χ3n) is 4.77. The molecule has 5 nitrogen and oxygen atoms in total. The predicted molar refractivity (Wildman–Crippen MR) is 77.0 cm³/mol. The molecule has 2 fully saturated rings. The fourth-order valence-electron chi connectivity index (χ4n) is 3.81. The van der Waals surface area contributed by atoms with Crippen LogP contribution in [-0.4, -0.2) is 41.8 Å². The highest BCUT2D eigenvalue weighted by molar-refractivity contribution is 5.83. The summed E-state index contributed by atoms with van der Waals surface area (Å²) in [5.41, 5.74) is -1.28. The van der Waals surface area contributed by atoms with Gasteiger partial charge in [0.25, 0.3) is 0 Å². The Balaban J connectivity index is 2.44. The van der Waals surface area contributed by atoms with Gasteiger partial charge in [-0.3, -0.25) is 4.79 Å². The van der Waals surface area contributed by atoms with Gasteiger partial charge in [0.15, 0.2) is 0 Å². The number of hydrogen-bond donors (Lipinski definition) is 1. The summed E-state index contributed by atoms with van der Waals surface area (Å²) in [5, 5.41) is 8.78. The lowest BCUT2D eigenvalue weighted by molar-refractivity contribution is -0.160. The van der Waals surface area contributed by atoms with Gasteiger partial charge < -0.3 is 14.6 Å². The molecular weight excluding hydrogens is 272 g/mol. The molecule has 0 amide bonds. The average molecular weight is 294 g/mol. The predicted octanol–water partition coefficient (Wildman–Crippen LogP) is 2.12. The van der Waals surface area contributed by atoms with Crippen molar-refractivity contribution in [3.8, 4) is 0 Å². The SMILES string of the molecule is CO[C@@]1(/C=C/C(C)=C\C(=O)O)[C@@]2(C)CO[C@]1(C)CC(=O)C2. The minimum atomic E-state index is -0.987. The van der Waals surface area contributed by atoms with E-state index in [2.05, 4.69) is 0 Å². The van der Waals surface area contributed by atoms with Crippen LogP contribution in [0.3, 0.4) is 0 Å². The number of carbonyl (C=O) groups is 2. The van der Waals surface area contributed by atoms with Gasteiger partial charge in [-0.2, -0.15) is 0 Å². The second-order valence-corrected chi connectivity index (χ2v) is 6.47. The Kier molecular flexibility index (Phi) is 3.84. The molecule has 2 aliphatic rings. The number of ketones is 1. The maximum absolute atomic E-state index is 12.0. The van der Waals surface area contributed by atoms with Gasteiger partial charge in [0, 0.05) is 31.4 Å². The quantitative estimate of drug-likeness (QED) is 0.635. The number of ether oxygens (including phenoxy) is 2. The first-order valence-electron chi connectivity index (χ1n) is 6.99. The Morgan fingerprint density at radius 3 is 2.57 bits per heavy atom. The Bertz CT molecular complexity index is 511. The molecular formula is C16H22O5. The largest absolute Gasteiger partial charge is 0.478 e. The number of hydrogen-bond acceptors (Lipinski definition) is 4. The van der Waals surface area contributed by atoms with E-state index in [4.69, 9.17) is 14.6 Å². The smallest absolute Gasteiger partial charge is 0.328 e. The second kappa shape index (κ2) is 5.07.